The Kier molecular flexibility index (Phi) is 7.16. The Bertz CT molecular complexity index is 1440. The number of nitrogens with one attached hydrogen (secondary N) is 2. The Morgan fingerprint density at radius 1 is 1.08 bits per heavy atom. The number of amides is 1. The van der Waals surface area contributed by atoms with Crippen LogP contribution in [0.4, 0.5) is 5.82 Å². The maximum Gasteiger partial charge on any atom is 0.266 e. The Labute approximate surface area is 214 Å². The lowest BCUT2D eigenvalue weighted by atomic mass is 9.93. The molecule has 0 saturated heterocycles. The quantitative estimate of drug-likeness (QED) is 0.338. The lowest BCUT2D eigenvalue weighted by Crippen LogP contribution is -2.27. The molecule has 10 heteroatoms. The van der Waals surface area contributed by atoms with Crippen molar-refractivity contribution in [1.82, 2.24) is 29.9 Å². The maximum atomic E-state index is 11.6. The predicted molar refractivity (Wildman–Crippen MR) is 141 cm³/mol. The van der Waals surface area contributed by atoms with E-state index in [0.717, 1.165) is 65.8 Å². The molecular weight excluding hydrogens is 470 g/mol. The van der Waals surface area contributed by atoms with Crippen LogP contribution < -0.4 is 20.9 Å². The highest BCUT2D eigenvalue weighted by atomic mass is 16.5. The molecule has 0 atom stereocenters. The van der Waals surface area contributed by atoms with Gasteiger partial charge in [-0.05, 0) is 38.2 Å². The molecule has 0 spiro atoms. The molecular formula is C27H31N7O3. The minimum Gasteiger partial charge on any atom is -0.473 e. The van der Waals surface area contributed by atoms with Crippen LogP contribution in [0.5, 0.6) is 5.88 Å². The molecule has 4 aromatic rings. The number of hydrogen-bond donors (Lipinski definition) is 2. The van der Waals surface area contributed by atoms with Gasteiger partial charge >= 0.3 is 0 Å². The summed E-state index contributed by atoms with van der Waals surface area (Å²) in [6.45, 7) is 3.33. The molecule has 1 fully saturated rings. The highest BCUT2D eigenvalue weighted by Crippen LogP contribution is 2.36. The number of benzene rings is 1. The molecule has 0 radical (unpaired) electrons. The second kappa shape index (κ2) is 10.8. The Morgan fingerprint density at radius 3 is 2.57 bits per heavy atom. The molecule has 1 aliphatic rings. The van der Waals surface area contributed by atoms with Gasteiger partial charge in [-0.25, -0.2) is 9.67 Å². The molecule has 0 bridgehead atoms. The van der Waals surface area contributed by atoms with E-state index in [0.29, 0.717) is 18.8 Å². The lowest BCUT2D eigenvalue weighted by molar-refractivity contribution is -0.109. The summed E-state index contributed by atoms with van der Waals surface area (Å²) in [7, 11) is 1.62. The summed E-state index contributed by atoms with van der Waals surface area (Å²) in [5.74, 6) is 1.31. The molecule has 1 amide bonds. The van der Waals surface area contributed by atoms with E-state index in [4.69, 9.17) is 9.84 Å². The maximum absolute atomic E-state index is 11.6. The average molecular weight is 502 g/mol. The van der Waals surface area contributed by atoms with E-state index < -0.39 is 0 Å². The third-order valence-electron chi connectivity index (χ3n) is 6.78. The van der Waals surface area contributed by atoms with E-state index in [1.54, 1.807) is 13.1 Å². The second-order valence-corrected chi connectivity index (χ2v) is 9.29. The summed E-state index contributed by atoms with van der Waals surface area (Å²) in [6.07, 6.45) is 6.23. The molecule has 2 N–H and O–H groups in total. The smallest absolute Gasteiger partial charge is 0.266 e. The van der Waals surface area contributed by atoms with E-state index in [9.17, 15) is 9.59 Å². The van der Waals surface area contributed by atoms with E-state index in [-0.39, 0.29) is 17.7 Å². The first kappa shape index (κ1) is 24.5. The van der Waals surface area contributed by atoms with Crippen molar-refractivity contribution in [2.45, 2.75) is 51.3 Å². The third kappa shape index (κ3) is 5.32. The summed E-state index contributed by atoms with van der Waals surface area (Å²) in [4.78, 5) is 26.8. The molecule has 192 valence electrons. The average Bonchev–Trinajstić information content (AvgIpc) is 3.29. The van der Waals surface area contributed by atoms with Gasteiger partial charge in [0.2, 0.25) is 12.3 Å². The Morgan fingerprint density at radius 2 is 1.86 bits per heavy atom. The molecule has 5 rings (SSSR count). The molecule has 0 unspecified atom stereocenters. The molecule has 1 aromatic carbocycles. The zero-order chi connectivity index (χ0) is 25.8. The number of aryl methyl sites for hydroxylation is 1. The van der Waals surface area contributed by atoms with Gasteiger partial charge in [-0.1, -0.05) is 24.3 Å². The van der Waals surface area contributed by atoms with Crippen molar-refractivity contribution in [2.24, 2.45) is 7.05 Å². The fourth-order valence-corrected chi connectivity index (χ4v) is 4.86. The number of aromatic nitrogens is 5. The fraction of sp³-hybridized carbons (Fsp3) is 0.370. The first-order chi connectivity index (χ1) is 18.1. The van der Waals surface area contributed by atoms with Crippen molar-refractivity contribution in [3.8, 4) is 17.1 Å². The molecule has 0 aliphatic heterocycles. The number of pyridine rings is 1. The van der Waals surface area contributed by atoms with Crippen molar-refractivity contribution in [2.75, 3.05) is 11.9 Å². The number of anilines is 1. The van der Waals surface area contributed by atoms with E-state index in [1.165, 1.54) is 10.7 Å². The molecule has 3 aromatic heterocycles. The second-order valence-electron chi connectivity index (χ2n) is 9.29. The number of carbonyl (C=O) groups excluding carboxylic acids is 1. The Hall–Kier alpha value is -4.21. The van der Waals surface area contributed by atoms with Crippen molar-refractivity contribution in [1.29, 1.82) is 0 Å². The number of hydrogen-bond acceptors (Lipinski definition) is 7. The van der Waals surface area contributed by atoms with Crippen LogP contribution >= 0.6 is 0 Å². The van der Waals surface area contributed by atoms with Gasteiger partial charge in [-0.15, -0.1) is 5.10 Å². The van der Waals surface area contributed by atoms with Crippen LogP contribution in [0.3, 0.4) is 0 Å². The van der Waals surface area contributed by atoms with Crippen molar-refractivity contribution in [3.63, 3.8) is 0 Å². The summed E-state index contributed by atoms with van der Waals surface area (Å²) in [5, 5.41) is 16.3. The zero-order valence-corrected chi connectivity index (χ0v) is 21.1. The van der Waals surface area contributed by atoms with Gasteiger partial charge in [0.05, 0.1) is 11.6 Å². The van der Waals surface area contributed by atoms with Crippen LogP contribution in [0.25, 0.3) is 22.2 Å². The first-order valence-corrected chi connectivity index (χ1v) is 12.6. The van der Waals surface area contributed by atoms with Crippen LogP contribution in [0.15, 0.2) is 53.5 Å². The number of rotatable bonds is 9. The van der Waals surface area contributed by atoms with Gasteiger partial charge in [-0.2, -0.15) is 5.10 Å². The van der Waals surface area contributed by atoms with Gasteiger partial charge in [0, 0.05) is 55.5 Å². The van der Waals surface area contributed by atoms with Crippen LogP contribution in [-0.4, -0.2) is 43.6 Å². The number of ether oxygens (including phenoxy) is 1. The summed E-state index contributed by atoms with van der Waals surface area (Å²) >= 11 is 0. The van der Waals surface area contributed by atoms with Gasteiger partial charge in [0.1, 0.15) is 17.6 Å². The summed E-state index contributed by atoms with van der Waals surface area (Å²) < 4.78 is 9.52. The largest absolute Gasteiger partial charge is 0.473 e. The molecule has 1 saturated carbocycles. The van der Waals surface area contributed by atoms with Crippen molar-refractivity contribution in [3.05, 3.63) is 64.6 Å². The third-order valence-corrected chi connectivity index (χ3v) is 6.78. The molecule has 3 heterocycles. The fourth-order valence-electron chi connectivity index (χ4n) is 4.86. The highest BCUT2D eigenvalue weighted by molar-refractivity contribution is 5.94. The van der Waals surface area contributed by atoms with Gasteiger partial charge < -0.3 is 15.4 Å². The van der Waals surface area contributed by atoms with Gasteiger partial charge in [0.15, 0.2) is 0 Å². The van der Waals surface area contributed by atoms with E-state index in [2.05, 4.69) is 38.4 Å². The lowest BCUT2D eigenvalue weighted by Gasteiger charge is -2.29. The minimum absolute atomic E-state index is 0.0501. The monoisotopic (exact) mass is 501 g/mol. The van der Waals surface area contributed by atoms with Gasteiger partial charge in [-0.3, -0.25) is 14.3 Å². The Balaban J connectivity index is 1.39. The van der Waals surface area contributed by atoms with Crippen LogP contribution in [0.2, 0.25) is 0 Å². The van der Waals surface area contributed by atoms with E-state index >= 15 is 0 Å². The summed E-state index contributed by atoms with van der Waals surface area (Å²) in [6, 6.07) is 13.5. The number of fused-ring (bicyclic) bond motifs is 1. The standard InChI is InChI=1S/C27H31N7O3/c1-3-29-24-14-23-22(16-30-24)27(19-6-4-18(5-7-19)15-28-17-35)32-34(23)20-8-10-21(11-9-20)37-25-12-13-26(36)33(2)31-25/h4-7,12-14,16-17,20-21H,3,8-11,15H2,1-2H3,(H,28,35)(H,29,30)/t20-,21+. The molecule has 1 aliphatic carbocycles. The van der Waals surface area contributed by atoms with E-state index in [1.807, 2.05) is 30.5 Å². The van der Waals surface area contributed by atoms with Crippen molar-refractivity contribution < 1.29 is 9.53 Å². The first-order valence-electron chi connectivity index (χ1n) is 12.6. The predicted octanol–water partition coefficient (Wildman–Crippen LogP) is 3.43. The normalized spacial score (nSPS) is 17.5. The zero-order valence-electron chi connectivity index (χ0n) is 21.1. The minimum atomic E-state index is -0.156. The van der Waals surface area contributed by atoms with Crippen LogP contribution in [-0.2, 0) is 18.4 Å². The SMILES string of the molecule is CCNc1cc2c(cn1)c(-c1ccc(CNC=O)cc1)nn2[C@H]1CC[C@@H](Oc2ccc(=O)n(C)n2)CC1. The molecule has 37 heavy (non-hydrogen) atoms. The molecule has 10 nitrogen and oxygen atoms in total. The topological polar surface area (TPSA) is 116 Å². The number of nitrogens with zero attached hydrogens (tertiary/aromatic N) is 5. The van der Waals surface area contributed by atoms with Crippen LogP contribution in [0.1, 0.15) is 44.2 Å². The highest BCUT2D eigenvalue weighted by Gasteiger charge is 2.27. The van der Waals surface area contributed by atoms with Crippen LogP contribution in [0, 0.1) is 0 Å². The van der Waals surface area contributed by atoms with Crippen molar-refractivity contribution >= 4 is 23.1 Å². The van der Waals surface area contributed by atoms with Gasteiger partial charge in [0.25, 0.3) is 5.56 Å². The number of carbonyl (C=O) groups is 1. The summed E-state index contributed by atoms with van der Waals surface area (Å²) in [5.41, 5.74) is 3.83.